The molecule has 3 rings (SSSR count). The van der Waals surface area contributed by atoms with E-state index < -0.39 is 23.8 Å². The van der Waals surface area contributed by atoms with Gasteiger partial charge in [-0.2, -0.15) is 5.10 Å². The number of amides is 1. The predicted octanol–water partition coefficient (Wildman–Crippen LogP) is 3.53. The summed E-state index contributed by atoms with van der Waals surface area (Å²) in [6.07, 6.45) is 1.01. The van der Waals surface area contributed by atoms with Crippen LogP contribution in [-0.2, 0) is 17.7 Å². The lowest BCUT2D eigenvalue weighted by molar-refractivity contribution is 0.0399. The third-order valence-electron chi connectivity index (χ3n) is 4.30. The van der Waals surface area contributed by atoms with Crippen LogP contribution in [0.25, 0.3) is 10.9 Å². The van der Waals surface area contributed by atoms with E-state index in [1.165, 1.54) is 0 Å². The number of carbonyl (C=O) groups excluding carboxylic acids is 1. The van der Waals surface area contributed by atoms with Crippen LogP contribution in [0.5, 0.6) is 0 Å². The number of aliphatic hydroxyl groups excluding tert-OH is 1. The fourth-order valence-corrected chi connectivity index (χ4v) is 3.04. The zero-order valence-electron chi connectivity index (χ0n) is 16.5. The van der Waals surface area contributed by atoms with Gasteiger partial charge in [0.05, 0.1) is 24.2 Å². The number of hydrogen-bond acceptors (Lipinski definition) is 4. The molecule has 0 fully saturated rings. The predicted molar refractivity (Wildman–Crippen MR) is 109 cm³/mol. The minimum Gasteiger partial charge on any atom is -0.444 e. The molecule has 148 valence electrons. The summed E-state index contributed by atoms with van der Waals surface area (Å²) in [7, 11) is 0. The topological polar surface area (TPSA) is 76.4 Å². The van der Waals surface area contributed by atoms with E-state index in [0.29, 0.717) is 6.42 Å². The summed E-state index contributed by atoms with van der Waals surface area (Å²) in [4.78, 5) is 12.3. The van der Waals surface area contributed by atoms with E-state index >= 15 is 0 Å². The van der Waals surface area contributed by atoms with Crippen LogP contribution in [0.2, 0.25) is 0 Å². The Kier molecular flexibility index (Phi) is 5.99. The monoisotopic (exact) mass is 381 g/mol. The highest BCUT2D eigenvalue weighted by Gasteiger charge is 2.25. The summed E-state index contributed by atoms with van der Waals surface area (Å²) < 4.78 is 7.08. The standard InChI is InChI=1S/C22H27N3O3/c1-22(2,3)28-21(27)23-19(13-16-9-5-4-6-10-16)20(26)15-25-14-17-11-7-8-12-18(17)24-25/h4-12,14,19-20,26H,13,15H2,1-3H3,(H,23,27)/t19-,20-/m1/s1. The number of aromatic nitrogens is 2. The first-order valence-corrected chi connectivity index (χ1v) is 9.44. The van der Waals surface area contributed by atoms with Gasteiger partial charge in [-0.3, -0.25) is 4.68 Å². The molecule has 0 saturated heterocycles. The SMILES string of the molecule is CC(C)(C)OC(=O)N[C@H](Cc1ccccc1)[C@H](O)Cn1cc2ccccc2n1. The van der Waals surface area contributed by atoms with Crippen molar-refractivity contribution >= 4 is 17.0 Å². The first-order valence-electron chi connectivity index (χ1n) is 9.44. The number of rotatable bonds is 6. The van der Waals surface area contributed by atoms with Gasteiger partial charge in [0.25, 0.3) is 0 Å². The molecule has 0 spiro atoms. The van der Waals surface area contributed by atoms with Gasteiger partial charge >= 0.3 is 6.09 Å². The lowest BCUT2D eigenvalue weighted by atomic mass is 10.0. The Morgan fingerprint density at radius 2 is 1.82 bits per heavy atom. The third kappa shape index (κ3) is 5.57. The number of alkyl carbamates (subject to hydrolysis) is 1. The van der Waals surface area contributed by atoms with Crippen molar-refractivity contribution in [3.63, 3.8) is 0 Å². The van der Waals surface area contributed by atoms with Crippen molar-refractivity contribution in [2.45, 2.75) is 51.5 Å². The second-order valence-electron chi connectivity index (χ2n) is 7.92. The number of hydrogen-bond donors (Lipinski definition) is 2. The number of nitrogens with one attached hydrogen (secondary N) is 1. The summed E-state index contributed by atoms with van der Waals surface area (Å²) in [6, 6.07) is 17.0. The molecule has 2 N–H and O–H groups in total. The van der Waals surface area contributed by atoms with Crippen LogP contribution >= 0.6 is 0 Å². The highest BCUT2D eigenvalue weighted by Crippen LogP contribution is 2.14. The first kappa shape index (κ1) is 19.9. The van der Waals surface area contributed by atoms with E-state index in [-0.39, 0.29) is 6.54 Å². The highest BCUT2D eigenvalue weighted by molar-refractivity contribution is 5.77. The molecule has 6 nitrogen and oxygen atoms in total. The van der Waals surface area contributed by atoms with E-state index in [0.717, 1.165) is 16.5 Å². The maximum atomic E-state index is 12.3. The van der Waals surface area contributed by atoms with E-state index in [2.05, 4.69) is 10.4 Å². The molecule has 28 heavy (non-hydrogen) atoms. The zero-order valence-corrected chi connectivity index (χ0v) is 16.5. The Hall–Kier alpha value is -2.86. The maximum Gasteiger partial charge on any atom is 0.407 e. The van der Waals surface area contributed by atoms with Crippen LogP contribution in [0, 0.1) is 0 Å². The van der Waals surface area contributed by atoms with Crippen molar-refractivity contribution in [1.82, 2.24) is 15.1 Å². The van der Waals surface area contributed by atoms with Crippen LogP contribution in [0.15, 0.2) is 60.8 Å². The Bertz CT molecular complexity index is 882. The molecule has 1 heterocycles. The molecule has 0 saturated carbocycles. The fourth-order valence-electron chi connectivity index (χ4n) is 3.04. The van der Waals surface area contributed by atoms with Crippen molar-refractivity contribution in [3.05, 3.63) is 66.4 Å². The summed E-state index contributed by atoms with van der Waals surface area (Å²) in [6.45, 7) is 5.70. The van der Waals surface area contributed by atoms with Crippen molar-refractivity contribution in [2.75, 3.05) is 0 Å². The fraction of sp³-hybridized carbons (Fsp3) is 0.364. The van der Waals surface area contributed by atoms with Gasteiger partial charge in [0.15, 0.2) is 0 Å². The van der Waals surface area contributed by atoms with Gasteiger partial charge in [-0.15, -0.1) is 0 Å². The molecular formula is C22H27N3O3. The van der Waals surface area contributed by atoms with Crippen molar-refractivity contribution in [2.24, 2.45) is 0 Å². The van der Waals surface area contributed by atoms with Gasteiger partial charge in [-0.05, 0) is 38.8 Å². The number of ether oxygens (including phenoxy) is 1. The third-order valence-corrected chi connectivity index (χ3v) is 4.30. The Morgan fingerprint density at radius 1 is 1.14 bits per heavy atom. The maximum absolute atomic E-state index is 12.3. The molecule has 0 aliphatic rings. The van der Waals surface area contributed by atoms with Crippen LogP contribution in [0.1, 0.15) is 26.3 Å². The van der Waals surface area contributed by atoms with Gasteiger partial charge in [0, 0.05) is 11.6 Å². The highest BCUT2D eigenvalue weighted by atomic mass is 16.6. The zero-order chi connectivity index (χ0) is 20.1. The Labute approximate surface area is 165 Å². The van der Waals surface area contributed by atoms with Gasteiger partial charge in [-0.25, -0.2) is 4.79 Å². The van der Waals surface area contributed by atoms with Gasteiger partial charge < -0.3 is 15.2 Å². The molecule has 0 bridgehead atoms. The number of carbonyl (C=O) groups is 1. The molecule has 1 aromatic heterocycles. The van der Waals surface area contributed by atoms with E-state index in [4.69, 9.17) is 4.74 Å². The lowest BCUT2D eigenvalue weighted by Gasteiger charge is -2.27. The van der Waals surface area contributed by atoms with E-state index in [9.17, 15) is 9.90 Å². The van der Waals surface area contributed by atoms with Crippen LogP contribution in [0.3, 0.4) is 0 Å². The molecule has 0 aliphatic heterocycles. The van der Waals surface area contributed by atoms with Crippen molar-refractivity contribution in [1.29, 1.82) is 0 Å². The molecule has 0 radical (unpaired) electrons. The molecule has 6 heteroatoms. The van der Waals surface area contributed by atoms with Crippen LogP contribution in [0.4, 0.5) is 4.79 Å². The number of fused-ring (bicyclic) bond motifs is 1. The van der Waals surface area contributed by atoms with Gasteiger partial charge in [0.1, 0.15) is 5.60 Å². The Morgan fingerprint density at radius 3 is 2.50 bits per heavy atom. The second-order valence-corrected chi connectivity index (χ2v) is 7.92. The Balaban J connectivity index is 1.74. The number of benzene rings is 2. The minimum absolute atomic E-state index is 0.266. The smallest absolute Gasteiger partial charge is 0.407 e. The number of aliphatic hydroxyl groups is 1. The first-order chi connectivity index (χ1) is 13.3. The average Bonchev–Trinajstić information content (AvgIpc) is 3.02. The minimum atomic E-state index is -0.831. The summed E-state index contributed by atoms with van der Waals surface area (Å²) in [5, 5.41) is 19.2. The molecular weight excluding hydrogens is 354 g/mol. The average molecular weight is 381 g/mol. The molecule has 0 unspecified atom stereocenters. The normalized spacial score (nSPS) is 13.9. The molecule has 0 aliphatic carbocycles. The van der Waals surface area contributed by atoms with Crippen molar-refractivity contribution < 1.29 is 14.6 Å². The lowest BCUT2D eigenvalue weighted by Crippen LogP contribution is -2.48. The number of nitrogens with zero attached hydrogens (tertiary/aromatic N) is 2. The van der Waals surface area contributed by atoms with E-state index in [1.54, 1.807) is 4.68 Å². The molecule has 2 atom stereocenters. The summed E-state index contributed by atoms with van der Waals surface area (Å²) >= 11 is 0. The van der Waals surface area contributed by atoms with Crippen molar-refractivity contribution in [3.8, 4) is 0 Å². The second kappa shape index (κ2) is 8.44. The van der Waals surface area contributed by atoms with Gasteiger partial charge in [-0.1, -0.05) is 48.5 Å². The summed E-state index contributed by atoms with van der Waals surface area (Å²) in [5.74, 6) is 0. The van der Waals surface area contributed by atoms with Gasteiger partial charge in [0.2, 0.25) is 0 Å². The molecule has 1 amide bonds. The van der Waals surface area contributed by atoms with Crippen LogP contribution < -0.4 is 5.32 Å². The quantitative estimate of drug-likeness (QED) is 0.685. The van der Waals surface area contributed by atoms with E-state index in [1.807, 2.05) is 81.6 Å². The summed E-state index contributed by atoms with van der Waals surface area (Å²) in [5.41, 5.74) is 1.29. The van der Waals surface area contributed by atoms with Crippen LogP contribution in [-0.4, -0.2) is 38.7 Å². The molecule has 3 aromatic rings. The largest absolute Gasteiger partial charge is 0.444 e. The molecule has 2 aromatic carbocycles.